The van der Waals surface area contributed by atoms with Crippen molar-refractivity contribution >= 4 is 22.8 Å². The third-order valence-corrected chi connectivity index (χ3v) is 4.88. The van der Waals surface area contributed by atoms with Crippen molar-refractivity contribution in [2.75, 3.05) is 13.6 Å². The Labute approximate surface area is 169 Å². The lowest BCUT2D eigenvalue weighted by molar-refractivity contribution is -0.129. The summed E-state index contributed by atoms with van der Waals surface area (Å²) in [5.74, 6) is -0.594. The van der Waals surface area contributed by atoms with Crippen molar-refractivity contribution in [3.05, 3.63) is 71.2 Å². The maximum absolute atomic E-state index is 13.7. The van der Waals surface area contributed by atoms with Crippen molar-refractivity contribution in [1.29, 1.82) is 0 Å². The topological polar surface area (TPSA) is 62.6 Å². The van der Waals surface area contributed by atoms with E-state index >= 15 is 0 Å². The number of furan rings is 1. The highest BCUT2D eigenvalue weighted by molar-refractivity contribution is 5.96. The van der Waals surface area contributed by atoms with Crippen LogP contribution in [0.3, 0.4) is 0 Å². The number of carbonyl (C=O) groups excluding carboxylic acids is 2. The number of nitrogens with zero attached hydrogens (tertiary/aromatic N) is 1. The van der Waals surface area contributed by atoms with Crippen molar-refractivity contribution in [2.24, 2.45) is 0 Å². The molecule has 0 atom stereocenters. The van der Waals surface area contributed by atoms with Gasteiger partial charge in [-0.25, -0.2) is 4.39 Å². The molecular formula is C23H25FN2O3. The maximum Gasteiger partial charge on any atom is 0.254 e. The molecule has 0 aliphatic heterocycles. The van der Waals surface area contributed by atoms with Crippen LogP contribution in [0.25, 0.3) is 11.0 Å². The molecule has 5 nitrogen and oxygen atoms in total. The molecule has 0 saturated heterocycles. The van der Waals surface area contributed by atoms with Gasteiger partial charge in [-0.2, -0.15) is 0 Å². The van der Waals surface area contributed by atoms with Crippen molar-refractivity contribution in [2.45, 2.75) is 32.7 Å². The number of hydrogen-bond acceptors (Lipinski definition) is 3. The summed E-state index contributed by atoms with van der Waals surface area (Å²) in [5.41, 5.74) is 1.72. The number of fused-ring (bicyclic) bond motifs is 1. The molecule has 0 saturated carbocycles. The summed E-state index contributed by atoms with van der Waals surface area (Å²) in [6.07, 6.45) is 2.86. The first-order chi connectivity index (χ1) is 14.0. The first-order valence-corrected chi connectivity index (χ1v) is 9.77. The average molecular weight is 396 g/mol. The van der Waals surface area contributed by atoms with E-state index in [4.69, 9.17) is 4.42 Å². The number of halogens is 1. The van der Waals surface area contributed by atoms with Crippen molar-refractivity contribution in [1.82, 2.24) is 10.2 Å². The molecular weight excluding hydrogens is 371 g/mol. The van der Waals surface area contributed by atoms with E-state index in [9.17, 15) is 14.0 Å². The van der Waals surface area contributed by atoms with E-state index in [0.29, 0.717) is 6.54 Å². The van der Waals surface area contributed by atoms with Gasteiger partial charge in [0.05, 0.1) is 12.1 Å². The molecule has 1 aromatic heterocycles. The maximum atomic E-state index is 13.7. The number of rotatable bonds is 8. The second kappa shape index (κ2) is 9.37. The molecule has 152 valence electrons. The van der Waals surface area contributed by atoms with Crippen LogP contribution >= 0.6 is 0 Å². The molecule has 0 bridgehead atoms. The third kappa shape index (κ3) is 4.83. The lowest BCUT2D eigenvalue weighted by atomic mass is 10.1. The van der Waals surface area contributed by atoms with Gasteiger partial charge in [0.1, 0.15) is 17.2 Å². The number of para-hydroxylation sites is 1. The van der Waals surface area contributed by atoms with Gasteiger partial charge in [0.2, 0.25) is 5.91 Å². The molecule has 3 aromatic rings. The summed E-state index contributed by atoms with van der Waals surface area (Å²) >= 11 is 0. The molecule has 2 amide bonds. The minimum Gasteiger partial charge on any atom is -0.461 e. The van der Waals surface area contributed by atoms with Crippen molar-refractivity contribution in [3.63, 3.8) is 0 Å². The Morgan fingerprint density at radius 1 is 1.10 bits per heavy atom. The predicted octanol–water partition coefficient (Wildman–Crippen LogP) is 4.30. The van der Waals surface area contributed by atoms with Gasteiger partial charge in [-0.1, -0.05) is 43.7 Å². The Morgan fingerprint density at radius 3 is 2.59 bits per heavy atom. The standard InChI is InChI=1S/C23H25FN2O3/c1-3-4-12-21-18(16-9-6-8-13-20(16)29-21)15-26(2)22(27)14-25-23(28)17-10-5-7-11-19(17)24/h5-11,13H,3-4,12,14-15H2,1-2H3,(H,25,28). The molecule has 0 aliphatic rings. The van der Waals surface area contributed by atoms with Crippen LogP contribution in [0.4, 0.5) is 4.39 Å². The van der Waals surface area contributed by atoms with Gasteiger partial charge in [-0.15, -0.1) is 0 Å². The van der Waals surface area contributed by atoms with E-state index < -0.39 is 11.7 Å². The summed E-state index contributed by atoms with van der Waals surface area (Å²) < 4.78 is 19.7. The fourth-order valence-corrected chi connectivity index (χ4v) is 3.22. The number of hydrogen-bond donors (Lipinski definition) is 1. The van der Waals surface area contributed by atoms with Gasteiger partial charge < -0.3 is 14.6 Å². The quantitative estimate of drug-likeness (QED) is 0.617. The molecule has 0 unspecified atom stereocenters. The highest BCUT2D eigenvalue weighted by atomic mass is 19.1. The van der Waals surface area contributed by atoms with Gasteiger partial charge in [-0.05, 0) is 24.6 Å². The van der Waals surface area contributed by atoms with Crippen LogP contribution in [0.5, 0.6) is 0 Å². The second-order valence-electron chi connectivity index (χ2n) is 7.02. The van der Waals surface area contributed by atoms with Crippen LogP contribution in [0.1, 0.15) is 41.4 Å². The van der Waals surface area contributed by atoms with E-state index in [0.717, 1.165) is 41.6 Å². The van der Waals surface area contributed by atoms with Crippen LogP contribution < -0.4 is 5.32 Å². The van der Waals surface area contributed by atoms with E-state index in [1.165, 1.54) is 18.2 Å². The number of amides is 2. The fraction of sp³-hybridized carbons (Fsp3) is 0.304. The van der Waals surface area contributed by atoms with Crippen LogP contribution in [-0.4, -0.2) is 30.3 Å². The number of benzene rings is 2. The number of nitrogens with one attached hydrogen (secondary N) is 1. The Morgan fingerprint density at radius 2 is 1.83 bits per heavy atom. The van der Waals surface area contributed by atoms with Gasteiger partial charge in [0.15, 0.2) is 0 Å². The molecule has 0 radical (unpaired) electrons. The number of carbonyl (C=O) groups is 2. The van der Waals surface area contributed by atoms with Crippen LogP contribution in [-0.2, 0) is 17.8 Å². The smallest absolute Gasteiger partial charge is 0.254 e. The first-order valence-electron chi connectivity index (χ1n) is 9.77. The van der Waals surface area contributed by atoms with Crippen LogP contribution in [0, 0.1) is 5.82 Å². The largest absolute Gasteiger partial charge is 0.461 e. The average Bonchev–Trinajstić information content (AvgIpc) is 3.07. The zero-order valence-corrected chi connectivity index (χ0v) is 16.7. The third-order valence-electron chi connectivity index (χ3n) is 4.88. The van der Waals surface area contributed by atoms with Gasteiger partial charge in [0, 0.05) is 31.0 Å². The van der Waals surface area contributed by atoms with Gasteiger partial charge in [0.25, 0.3) is 5.91 Å². The Balaban J connectivity index is 1.68. The Hall–Kier alpha value is -3.15. The zero-order valence-electron chi connectivity index (χ0n) is 16.7. The van der Waals surface area contributed by atoms with Gasteiger partial charge >= 0.3 is 0 Å². The number of likely N-dealkylation sites (N-methyl/N-ethyl adjacent to an activating group) is 1. The summed E-state index contributed by atoms with van der Waals surface area (Å²) in [6, 6.07) is 13.5. The van der Waals surface area contributed by atoms with Crippen LogP contribution in [0.15, 0.2) is 52.9 Å². The number of unbranched alkanes of at least 4 members (excludes halogenated alkanes) is 1. The molecule has 0 fully saturated rings. The Kier molecular flexibility index (Phi) is 6.65. The monoisotopic (exact) mass is 396 g/mol. The summed E-state index contributed by atoms with van der Waals surface area (Å²) in [4.78, 5) is 26.2. The minimum absolute atomic E-state index is 0.0781. The van der Waals surface area contributed by atoms with Crippen molar-refractivity contribution in [3.8, 4) is 0 Å². The molecule has 6 heteroatoms. The fourth-order valence-electron chi connectivity index (χ4n) is 3.22. The lowest BCUT2D eigenvalue weighted by Crippen LogP contribution is -2.38. The summed E-state index contributed by atoms with van der Waals surface area (Å²) in [6.45, 7) is 2.30. The zero-order chi connectivity index (χ0) is 20.8. The molecule has 0 aliphatic carbocycles. The van der Waals surface area contributed by atoms with Crippen LogP contribution in [0.2, 0.25) is 0 Å². The van der Waals surface area contributed by atoms with E-state index in [2.05, 4.69) is 12.2 Å². The second-order valence-corrected chi connectivity index (χ2v) is 7.02. The van der Waals surface area contributed by atoms with E-state index in [-0.39, 0.29) is 18.0 Å². The molecule has 29 heavy (non-hydrogen) atoms. The molecule has 3 rings (SSSR count). The number of aryl methyl sites for hydroxylation is 1. The molecule has 0 spiro atoms. The molecule has 2 aromatic carbocycles. The summed E-state index contributed by atoms with van der Waals surface area (Å²) in [5, 5.41) is 3.49. The molecule has 1 N–H and O–H groups in total. The highest BCUT2D eigenvalue weighted by Crippen LogP contribution is 2.28. The Bertz CT molecular complexity index is 1010. The van der Waals surface area contributed by atoms with Crippen molar-refractivity contribution < 1.29 is 18.4 Å². The SMILES string of the molecule is CCCCc1oc2ccccc2c1CN(C)C(=O)CNC(=O)c1ccccc1F. The van der Waals surface area contributed by atoms with Gasteiger partial charge in [-0.3, -0.25) is 9.59 Å². The van der Waals surface area contributed by atoms with E-state index in [1.54, 1.807) is 18.0 Å². The minimum atomic E-state index is -0.615. The predicted molar refractivity (Wildman–Crippen MR) is 110 cm³/mol. The lowest BCUT2D eigenvalue weighted by Gasteiger charge is -2.18. The normalized spacial score (nSPS) is 10.9. The highest BCUT2D eigenvalue weighted by Gasteiger charge is 2.19. The first kappa shape index (κ1) is 20.6. The molecule has 1 heterocycles. The van der Waals surface area contributed by atoms with E-state index in [1.807, 2.05) is 24.3 Å². The summed E-state index contributed by atoms with van der Waals surface area (Å²) in [7, 11) is 1.68.